The molecule has 326 valence electrons. The third kappa shape index (κ3) is 9.51. The number of carbonyl (C=O) groups excluding carboxylic acids is 1. The highest BCUT2D eigenvalue weighted by atomic mass is 35.5. The van der Waals surface area contributed by atoms with Crippen LogP contribution in [0.1, 0.15) is 45.0 Å². The average Bonchev–Trinajstić information content (AvgIpc) is 3.30. The van der Waals surface area contributed by atoms with Gasteiger partial charge in [-0.05, 0) is 119 Å². The van der Waals surface area contributed by atoms with E-state index in [1.165, 1.54) is 13.2 Å². The smallest absolute Gasteiger partial charge is 0.326 e. The molecular formula is C49H41Cl2N3O9S. The number of methoxy groups -OCH3 is 1. The maximum Gasteiger partial charge on any atom is 0.326 e. The zero-order valence-electron chi connectivity index (χ0n) is 34.6. The number of rotatable bonds is 13. The second kappa shape index (κ2) is 18.7. The topological polar surface area (TPSA) is 164 Å². The van der Waals surface area contributed by atoms with Crippen LogP contribution in [0, 0.1) is 18.3 Å². The Balaban J connectivity index is 1.03. The van der Waals surface area contributed by atoms with Gasteiger partial charge in [-0.2, -0.15) is 9.57 Å². The van der Waals surface area contributed by atoms with Gasteiger partial charge in [0.1, 0.15) is 41.7 Å². The summed E-state index contributed by atoms with van der Waals surface area (Å²) < 4.78 is 54.5. The maximum absolute atomic E-state index is 14.7. The highest BCUT2D eigenvalue weighted by Crippen LogP contribution is 2.42. The number of nitrogens with zero attached hydrogens (tertiary/aromatic N) is 2. The van der Waals surface area contributed by atoms with E-state index in [0.29, 0.717) is 56.2 Å². The van der Waals surface area contributed by atoms with Crippen molar-refractivity contribution < 1.29 is 42.1 Å². The van der Waals surface area contributed by atoms with Crippen molar-refractivity contribution in [3.8, 4) is 40.2 Å². The summed E-state index contributed by atoms with van der Waals surface area (Å²) in [6, 6.07) is 34.6. The number of hydrogen-bond acceptors (Lipinski definition) is 9. The zero-order valence-corrected chi connectivity index (χ0v) is 36.9. The van der Waals surface area contributed by atoms with Crippen molar-refractivity contribution in [2.75, 3.05) is 13.7 Å². The van der Waals surface area contributed by atoms with E-state index in [1.54, 1.807) is 67.6 Å². The summed E-state index contributed by atoms with van der Waals surface area (Å²) in [5.74, 6) is -0.486. The average molecular weight is 919 g/mol. The number of ether oxygens (including phenoxy) is 4. The second-order valence-corrected chi connectivity index (χ2v) is 18.2. The summed E-state index contributed by atoms with van der Waals surface area (Å²) in [5, 5.41) is 23.0. The van der Waals surface area contributed by atoms with Gasteiger partial charge in [-0.1, -0.05) is 83.9 Å². The van der Waals surface area contributed by atoms with Crippen molar-refractivity contribution in [1.82, 2.24) is 9.62 Å². The van der Waals surface area contributed by atoms with E-state index < -0.39 is 40.1 Å². The Morgan fingerprint density at radius 3 is 2.23 bits per heavy atom. The van der Waals surface area contributed by atoms with Gasteiger partial charge in [0.15, 0.2) is 17.6 Å². The van der Waals surface area contributed by atoms with Gasteiger partial charge in [-0.3, -0.25) is 4.79 Å². The molecule has 0 aliphatic carbocycles. The number of amides is 1. The third-order valence-electron chi connectivity index (χ3n) is 11.2. The van der Waals surface area contributed by atoms with Crippen LogP contribution in [0.5, 0.6) is 23.0 Å². The number of aliphatic carboxylic acids is 1. The van der Waals surface area contributed by atoms with Crippen molar-refractivity contribution in [3.63, 3.8) is 0 Å². The number of carbonyl (C=O) groups is 2. The minimum atomic E-state index is -4.43. The standard InChI is InChI=1S/C49H41Cl2N3O9S/c1-29-3-18-47(45(19-29)60-2)64(58,59)54-26-37-24-44-43(62-28-46(63-44)35-13-15-38(16-14-35)61-27-32-8-17-39(50)40(51)20-32)23-36(37)22-42(54)48(55)53-41(49(56)57)21-30-4-9-33(10-5-30)34-11-6-31(25-52)7-12-34/h3-20,23-24,41-42,46H,21-22,26-28H2,1-2H3,(H,53,55)(H,56,57). The molecule has 12 nitrogen and oxygen atoms in total. The molecule has 0 aromatic heterocycles. The van der Waals surface area contributed by atoms with E-state index in [1.807, 2.05) is 54.6 Å². The fraction of sp³-hybridized carbons (Fsp3) is 0.204. The monoisotopic (exact) mass is 917 g/mol. The highest BCUT2D eigenvalue weighted by Gasteiger charge is 2.43. The molecule has 15 heteroatoms. The lowest BCUT2D eigenvalue weighted by atomic mass is 9.93. The van der Waals surface area contributed by atoms with Gasteiger partial charge in [-0.15, -0.1) is 0 Å². The molecule has 0 bridgehead atoms. The lowest BCUT2D eigenvalue weighted by Crippen LogP contribution is -2.55. The van der Waals surface area contributed by atoms with Gasteiger partial charge >= 0.3 is 5.97 Å². The number of hydrogen-bond donors (Lipinski definition) is 2. The third-order valence-corrected chi connectivity index (χ3v) is 13.9. The minimum Gasteiger partial charge on any atom is -0.495 e. The van der Waals surface area contributed by atoms with Gasteiger partial charge in [0.25, 0.3) is 0 Å². The normalized spacial score (nSPS) is 16.2. The van der Waals surface area contributed by atoms with E-state index in [9.17, 15) is 23.1 Å². The Bertz CT molecular complexity index is 2890. The van der Waals surface area contributed by atoms with Crippen LogP contribution >= 0.6 is 23.2 Å². The van der Waals surface area contributed by atoms with Crippen molar-refractivity contribution in [2.45, 2.75) is 56.0 Å². The van der Waals surface area contributed by atoms with Gasteiger partial charge in [0.05, 0.1) is 28.8 Å². The maximum atomic E-state index is 14.7. The van der Waals surface area contributed by atoms with Crippen molar-refractivity contribution in [2.24, 2.45) is 0 Å². The van der Waals surface area contributed by atoms with Crippen molar-refractivity contribution in [3.05, 3.63) is 170 Å². The van der Waals surface area contributed by atoms with Gasteiger partial charge in [-0.25, -0.2) is 13.2 Å². The Hall–Kier alpha value is -6.56. The molecular weight excluding hydrogens is 878 g/mol. The number of benzene rings is 6. The van der Waals surface area contributed by atoms with Crippen LogP contribution < -0.4 is 24.3 Å². The molecule has 0 spiro atoms. The molecule has 3 unspecified atom stereocenters. The van der Waals surface area contributed by atoms with E-state index in [-0.39, 0.29) is 36.6 Å². The lowest BCUT2D eigenvalue weighted by Gasteiger charge is -2.37. The summed E-state index contributed by atoms with van der Waals surface area (Å²) in [5.41, 5.74) is 6.61. The van der Waals surface area contributed by atoms with Gasteiger partial charge in [0.2, 0.25) is 15.9 Å². The molecule has 2 N–H and O–H groups in total. The molecule has 3 atom stereocenters. The summed E-state index contributed by atoms with van der Waals surface area (Å²) >= 11 is 12.2. The van der Waals surface area contributed by atoms with Crippen LogP contribution in [0.25, 0.3) is 11.1 Å². The molecule has 64 heavy (non-hydrogen) atoms. The van der Waals surface area contributed by atoms with Crippen LogP contribution in [0.3, 0.4) is 0 Å². The molecule has 6 aromatic rings. The number of nitriles is 1. The molecule has 0 radical (unpaired) electrons. The quantitative estimate of drug-likeness (QED) is 0.114. The summed E-state index contributed by atoms with van der Waals surface area (Å²) in [7, 11) is -3.06. The predicted octanol–water partition coefficient (Wildman–Crippen LogP) is 8.87. The van der Waals surface area contributed by atoms with E-state index in [2.05, 4.69) is 11.4 Å². The Morgan fingerprint density at radius 1 is 0.875 bits per heavy atom. The first kappa shape index (κ1) is 44.1. The SMILES string of the molecule is COc1cc(C)ccc1S(=O)(=O)N1Cc2cc3c(cc2CC1C(=O)NC(Cc1ccc(-c2ccc(C#N)cc2)cc1)C(=O)O)OCC(c1ccc(OCc2ccc(Cl)c(Cl)c2)cc1)O3. The minimum absolute atomic E-state index is 0.0646. The van der Waals surface area contributed by atoms with Gasteiger partial charge in [0, 0.05) is 13.0 Å². The molecule has 6 aromatic carbocycles. The molecule has 1 amide bonds. The number of aryl methyl sites for hydroxylation is 1. The fourth-order valence-corrected chi connectivity index (χ4v) is 9.75. The van der Waals surface area contributed by atoms with Crippen LogP contribution in [0.4, 0.5) is 0 Å². The Morgan fingerprint density at radius 2 is 1.56 bits per heavy atom. The fourth-order valence-electron chi connectivity index (χ4n) is 7.73. The van der Waals surface area contributed by atoms with Crippen LogP contribution in [-0.4, -0.2) is 55.5 Å². The van der Waals surface area contributed by atoms with Crippen LogP contribution in [0.15, 0.2) is 126 Å². The largest absolute Gasteiger partial charge is 0.495 e. The summed E-state index contributed by atoms with van der Waals surface area (Å²) in [6.07, 6.45) is -0.636. The van der Waals surface area contributed by atoms with Crippen molar-refractivity contribution >= 4 is 45.1 Å². The van der Waals surface area contributed by atoms with E-state index in [4.69, 9.17) is 47.4 Å². The molecule has 0 saturated heterocycles. The molecule has 2 aliphatic rings. The summed E-state index contributed by atoms with van der Waals surface area (Å²) in [4.78, 5) is 26.9. The lowest BCUT2D eigenvalue weighted by molar-refractivity contribution is -0.142. The van der Waals surface area contributed by atoms with Crippen LogP contribution in [-0.2, 0) is 45.6 Å². The molecule has 0 saturated carbocycles. The Kier molecular flexibility index (Phi) is 12.8. The number of nitrogens with one attached hydrogen (secondary N) is 1. The van der Waals surface area contributed by atoms with E-state index >= 15 is 0 Å². The number of halogens is 2. The zero-order chi connectivity index (χ0) is 45.1. The first-order valence-corrected chi connectivity index (χ1v) is 22.4. The number of carboxylic acid groups (broad SMARTS) is 1. The van der Waals surface area contributed by atoms with E-state index in [0.717, 1.165) is 32.1 Å². The first-order chi connectivity index (χ1) is 30.8. The molecule has 0 fully saturated rings. The molecule has 8 rings (SSSR count). The van der Waals surface area contributed by atoms with Crippen LogP contribution in [0.2, 0.25) is 10.0 Å². The summed E-state index contributed by atoms with van der Waals surface area (Å²) in [6.45, 7) is 2.05. The number of sulfonamides is 1. The molecule has 2 aliphatic heterocycles. The first-order valence-electron chi connectivity index (χ1n) is 20.2. The Labute approximate surface area is 380 Å². The second-order valence-electron chi connectivity index (χ2n) is 15.5. The number of fused-ring (bicyclic) bond motifs is 2. The predicted molar refractivity (Wildman–Crippen MR) is 240 cm³/mol. The van der Waals surface area contributed by atoms with Crippen molar-refractivity contribution in [1.29, 1.82) is 5.26 Å². The van der Waals surface area contributed by atoms with Gasteiger partial charge < -0.3 is 29.4 Å². The number of carboxylic acids is 1. The molecule has 2 heterocycles. The highest BCUT2D eigenvalue weighted by molar-refractivity contribution is 7.89.